The maximum absolute atomic E-state index is 11.9. The van der Waals surface area contributed by atoms with Crippen LogP contribution >= 0.6 is 11.8 Å². The number of amides is 1. The van der Waals surface area contributed by atoms with E-state index in [1.54, 1.807) is 12.3 Å². The molecule has 0 saturated carbocycles. The lowest BCUT2D eigenvalue weighted by atomic mass is 10.2. The number of nitrogens with one attached hydrogen (secondary N) is 1. The van der Waals surface area contributed by atoms with Gasteiger partial charge in [-0.15, -0.1) is 16.8 Å². The SMILES string of the molecule is C=CCn1c(SCC(=O)NCC(C)C)nnc1-c1ccoc1C. The minimum Gasteiger partial charge on any atom is -0.469 e. The number of aromatic nitrogens is 3. The molecule has 1 N–H and O–H groups in total. The van der Waals surface area contributed by atoms with E-state index < -0.39 is 0 Å². The number of allylic oxidation sites excluding steroid dienone is 1. The number of furan rings is 1. The number of aryl methyl sites for hydroxylation is 1. The molecule has 0 fully saturated rings. The maximum Gasteiger partial charge on any atom is 0.230 e. The van der Waals surface area contributed by atoms with Gasteiger partial charge in [0, 0.05) is 13.1 Å². The molecule has 0 aliphatic heterocycles. The molecule has 124 valence electrons. The fourth-order valence-corrected chi connectivity index (χ4v) is 2.78. The number of carbonyl (C=O) groups excluding carboxylic acids is 1. The number of rotatable bonds is 8. The van der Waals surface area contributed by atoms with Crippen LogP contribution in [0.4, 0.5) is 0 Å². The van der Waals surface area contributed by atoms with Crippen molar-refractivity contribution in [2.45, 2.75) is 32.5 Å². The van der Waals surface area contributed by atoms with E-state index in [9.17, 15) is 4.79 Å². The van der Waals surface area contributed by atoms with Gasteiger partial charge in [0.25, 0.3) is 0 Å². The van der Waals surface area contributed by atoms with E-state index in [-0.39, 0.29) is 5.91 Å². The van der Waals surface area contributed by atoms with Gasteiger partial charge in [-0.05, 0) is 18.9 Å². The van der Waals surface area contributed by atoms with Crippen molar-refractivity contribution >= 4 is 17.7 Å². The van der Waals surface area contributed by atoms with Crippen LogP contribution in [0.1, 0.15) is 19.6 Å². The number of thioether (sulfide) groups is 1. The highest BCUT2D eigenvalue weighted by Gasteiger charge is 2.17. The van der Waals surface area contributed by atoms with Gasteiger partial charge in [-0.1, -0.05) is 31.7 Å². The van der Waals surface area contributed by atoms with Crippen LogP contribution in [0.2, 0.25) is 0 Å². The summed E-state index contributed by atoms with van der Waals surface area (Å²) in [4.78, 5) is 11.9. The lowest BCUT2D eigenvalue weighted by Gasteiger charge is -2.08. The molecule has 0 bridgehead atoms. The summed E-state index contributed by atoms with van der Waals surface area (Å²) in [7, 11) is 0. The second kappa shape index (κ2) is 8.01. The number of hydrogen-bond acceptors (Lipinski definition) is 5. The first-order valence-corrected chi connectivity index (χ1v) is 8.49. The summed E-state index contributed by atoms with van der Waals surface area (Å²) >= 11 is 1.37. The van der Waals surface area contributed by atoms with Gasteiger partial charge in [0.1, 0.15) is 5.76 Å². The highest BCUT2D eigenvalue weighted by atomic mass is 32.2. The molecule has 0 atom stereocenters. The second-order valence-electron chi connectivity index (χ2n) is 5.58. The van der Waals surface area contributed by atoms with Gasteiger partial charge in [-0.3, -0.25) is 9.36 Å². The van der Waals surface area contributed by atoms with Crippen molar-refractivity contribution in [2.75, 3.05) is 12.3 Å². The number of hydrogen-bond donors (Lipinski definition) is 1. The summed E-state index contributed by atoms with van der Waals surface area (Å²) in [5.74, 6) is 2.25. The monoisotopic (exact) mass is 334 g/mol. The van der Waals surface area contributed by atoms with Crippen LogP contribution in [0, 0.1) is 12.8 Å². The fraction of sp³-hybridized carbons (Fsp3) is 0.438. The molecule has 0 aromatic carbocycles. The predicted octanol–water partition coefficient (Wildman–Crippen LogP) is 2.90. The van der Waals surface area contributed by atoms with E-state index in [2.05, 4.69) is 35.9 Å². The Morgan fingerprint density at radius 2 is 2.30 bits per heavy atom. The first-order valence-electron chi connectivity index (χ1n) is 7.51. The Balaban J connectivity index is 2.10. The first-order chi connectivity index (χ1) is 11.0. The summed E-state index contributed by atoms with van der Waals surface area (Å²) in [6.07, 6.45) is 3.41. The molecule has 23 heavy (non-hydrogen) atoms. The number of nitrogens with zero attached hydrogens (tertiary/aromatic N) is 3. The molecule has 2 aromatic heterocycles. The van der Waals surface area contributed by atoms with E-state index in [1.807, 2.05) is 17.6 Å². The summed E-state index contributed by atoms with van der Waals surface area (Å²) in [5, 5.41) is 12.0. The standard InChI is InChI=1S/C16H22N4O2S/c1-5-7-20-15(13-6-8-22-12(13)4)18-19-16(20)23-10-14(21)17-9-11(2)3/h5-6,8,11H,1,7,9-10H2,2-4H3,(H,17,21). The smallest absolute Gasteiger partial charge is 0.230 e. The third kappa shape index (κ3) is 4.48. The normalized spacial score (nSPS) is 11.0. The van der Waals surface area contributed by atoms with Crippen molar-refractivity contribution in [3.63, 3.8) is 0 Å². The largest absolute Gasteiger partial charge is 0.469 e. The molecule has 2 heterocycles. The molecule has 0 aliphatic rings. The first kappa shape index (κ1) is 17.3. The Morgan fingerprint density at radius 1 is 1.52 bits per heavy atom. The Labute approximate surface area is 140 Å². The summed E-state index contributed by atoms with van der Waals surface area (Å²) in [6, 6.07) is 1.86. The van der Waals surface area contributed by atoms with E-state index in [0.29, 0.717) is 29.9 Å². The molecule has 0 aliphatic carbocycles. The highest BCUT2D eigenvalue weighted by molar-refractivity contribution is 7.99. The van der Waals surface area contributed by atoms with E-state index in [0.717, 1.165) is 17.1 Å². The zero-order valence-corrected chi connectivity index (χ0v) is 14.5. The topological polar surface area (TPSA) is 73.0 Å². The molecule has 0 radical (unpaired) electrons. The third-order valence-corrected chi connectivity index (χ3v) is 4.13. The second-order valence-corrected chi connectivity index (χ2v) is 6.53. The van der Waals surface area contributed by atoms with Gasteiger partial charge < -0.3 is 9.73 Å². The van der Waals surface area contributed by atoms with E-state index in [4.69, 9.17) is 4.42 Å². The molecular weight excluding hydrogens is 312 g/mol. The molecule has 2 aromatic rings. The summed E-state index contributed by atoms with van der Waals surface area (Å²) in [5.41, 5.74) is 0.899. The van der Waals surface area contributed by atoms with Gasteiger partial charge in [0.2, 0.25) is 5.91 Å². The minimum atomic E-state index is -0.00195. The summed E-state index contributed by atoms with van der Waals surface area (Å²) in [6.45, 7) is 11.0. The number of carbonyl (C=O) groups is 1. The van der Waals surface area contributed by atoms with Gasteiger partial charge in [-0.25, -0.2) is 0 Å². The molecule has 0 unspecified atom stereocenters. The van der Waals surface area contributed by atoms with Crippen molar-refractivity contribution < 1.29 is 9.21 Å². The maximum atomic E-state index is 11.9. The highest BCUT2D eigenvalue weighted by Crippen LogP contribution is 2.26. The van der Waals surface area contributed by atoms with Crippen LogP contribution in [0.25, 0.3) is 11.4 Å². The Hall–Kier alpha value is -2.02. The summed E-state index contributed by atoms with van der Waals surface area (Å²) < 4.78 is 7.27. The quantitative estimate of drug-likeness (QED) is 0.593. The molecule has 6 nitrogen and oxygen atoms in total. The van der Waals surface area contributed by atoms with Gasteiger partial charge in [0.05, 0.1) is 17.6 Å². The molecule has 2 rings (SSSR count). The Bertz CT molecular complexity index is 675. The molecule has 1 amide bonds. The van der Waals surface area contributed by atoms with E-state index in [1.165, 1.54) is 11.8 Å². The van der Waals surface area contributed by atoms with Gasteiger partial charge in [-0.2, -0.15) is 0 Å². The third-order valence-electron chi connectivity index (χ3n) is 3.17. The van der Waals surface area contributed by atoms with Crippen LogP contribution in [-0.4, -0.2) is 33.0 Å². The lowest BCUT2D eigenvalue weighted by Crippen LogP contribution is -2.28. The fourth-order valence-electron chi connectivity index (χ4n) is 2.00. The zero-order chi connectivity index (χ0) is 16.8. The predicted molar refractivity (Wildman–Crippen MR) is 91.2 cm³/mol. The molecule has 0 saturated heterocycles. The van der Waals surface area contributed by atoms with Crippen molar-refractivity contribution in [3.8, 4) is 11.4 Å². The van der Waals surface area contributed by atoms with Crippen molar-refractivity contribution in [2.24, 2.45) is 5.92 Å². The van der Waals surface area contributed by atoms with Crippen molar-refractivity contribution in [1.82, 2.24) is 20.1 Å². The minimum absolute atomic E-state index is 0.00195. The molecular formula is C16H22N4O2S. The molecule has 7 heteroatoms. The van der Waals surface area contributed by atoms with Crippen LogP contribution in [0.5, 0.6) is 0 Å². The lowest BCUT2D eigenvalue weighted by molar-refractivity contribution is -0.118. The average Bonchev–Trinajstić information content (AvgIpc) is 3.09. The van der Waals surface area contributed by atoms with Crippen LogP contribution in [-0.2, 0) is 11.3 Å². The Kier molecular flexibility index (Phi) is 6.04. The Morgan fingerprint density at radius 3 is 2.91 bits per heavy atom. The van der Waals surface area contributed by atoms with E-state index >= 15 is 0 Å². The zero-order valence-electron chi connectivity index (χ0n) is 13.7. The van der Waals surface area contributed by atoms with Crippen LogP contribution in [0.15, 0.2) is 34.6 Å². The van der Waals surface area contributed by atoms with Gasteiger partial charge >= 0.3 is 0 Å². The van der Waals surface area contributed by atoms with Gasteiger partial charge in [0.15, 0.2) is 11.0 Å². The average molecular weight is 334 g/mol. The van der Waals surface area contributed by atoms with Crippen LogP contribution in [0.3, 0.4) is 0 Å². The van der Waals surface area contributed by atoms with Crippen molar-refractivity contribution in [1.29, 1.82) is 0 Å². The van der Waals surface area contributed by atoms with Crippen LogP contribution < -0.4 is 5.32 Å². The molecule has 0 spiro atoms. The van der Waals surface area contributed by atoms with Crippen molar-refractivity contribution in [3.05, 3.63) is 30.7 Å².